The van der Waals surface area contributed by atoms with Gasteiger partial charge in [0.25, 0.3) is 5.56 Å². The number of hydrogen-bond acceptors (Lipinski definition) is 4. The zero-order valence-corrected chi connectivity index (χ0v) is 10.7. The first-order valence-electron chi connectivity index (χ1n) is 5.96. The van der Waals surface area contributed by atoms with E-state index in [1.165, 1.54) is 16.8 Å². The van der Waals surface area contributed by atoms with Gasteiger partial charge in [-0.15, -0.1) is 6.58 Å². The minimum absolute atomic E-state index is 0.146. The molecule has 102 valence electrons. The Kier molecular flexibility index (Phi) is 3.82. The van der Waals surface area contributed by atoms with Crippen molar-refractivity contribution in [1.82, 2.24) is 9.13 Å². The number of aliphatic hydroxyl groups excluding tert-OH is 1. The predicted octanol–water partition coefficient (Wildman–Crippen LogP) is -0.0497. The van der Waals surface area contributed by atoms with E-state index in [1.54, 1.807) is 19.1 Å². The lowest BCUT2D eigenvalue weighted by Gasteiger charge is -2.17. The Morgan fingerprint density at radius 3 is 2.79 bits per heavy atom. The number of hydrogen-bond donors (Lipinski definition) is 1. The van der Waals surface area contributed by atoms with Gasteiger partial charge in [0.1, 0.15) is 6.10 Å². The third kappa shape index (κ3) is 2.45. The van der Waals surface area contributed by atoms with E-state index in [0.717, 1.165) is 4.57 Å². The Labute approximate surface area is 109 Å². The summed E-state index contributed by atoms with van der Waals surface area (Å²) < 4.78 is 7.91. The van der Waals surface area contributed by atoms with Crippen molar-refractivity contribution in [3.05, 3.63) is 57.4 Å². The number of nitrogens with zero attached hydrogens (tertiary/aromatic N) is 2. The van der Waals surface area contributed by atoms with Gasteiger partial charge in [-0.1, -0.05) is 12.2 Å². The van der Waals surface area contributed by atoms with Crippen LogP contribution < -0.4 is 11.2 Å². The van der Waals surface area contributed by atoms with E-state index in [4.69, 9.17) is 9.84 Å². The number of ether oxygens (including phenoxy) is 1. The average molecular weight is 264 g/mol. The number of rotatable bonds is 4. The molecule has 2 rings (SSSR count). The van der Waals surface area contributed by atoms with E-state index in [2.05, 4.69) is 6.58 Å². The lowest BCUT2D eigenvalue weighted by Crippen LogP contribution is -2.41. The van der Waals surface area contributed by atoms with Gasteiger partial charge in [0.15, 0.2) is 6.23 Å². The molecule has 2 atom stereocenters. The Balaban J connectivity index is 2.48. The van der Waals surface area contributed by atoms with Crippen LogP contribution in [0.5, 0.6) is 0 Å². The summed E-state index contributed by atoms with van der Waals surface area (Å²) in [6.45, 7) is 5.18. The second-order valence-electron chi connectivity index (χ2n) is 4.34. The first-order chi connectivity index (χ1) is 9.08. The topological polar surface area (TPSA) is 73.5 Å². The number of aryl methyl sites for hydroxylation is 1. The van der Waals surface area contributed by atoms with Crippen LogP contribution in [0.3, 0.4) is 0 Å². The van der Waals surface area contributed by atoms with Crippen LogP contribution in [-0.2, 0) is 11.3 Å². The molecule has 6 nitrogen and oxygen atoms in total. The Hall–Kier alpha value is -1.92. The molecule has 2 heterocycles. The van der Waals surface area contributed by atoms with Crippen molar-refractivity contribution in [2.24, 2.45) is 0 Å². The maximum absolute atomic E-state index is 12.2. The standard InChI is InChI=1S/C13H16N2O4/c1-3-6-14-12(17)9(2)7-15(13(14)18)11-5-4-10(8-16)19-11/h3-5,7,10-11,16H,1,6,8H2,2H3/t10-,11+/m0/s1. The molecule has 6 heteroatoms. The molecule has 19 heavy (non-hydrogen) atoms. The first-order valence-corrected chi connectivity index (χ1v) is 5.96. The summed E-state index contributed by atoms with van der Waals surface area (Å²) >= 11 is 0. The Morgan fingerprint density at radius 1 is 1.47 bits per heavy atom. The van der Waals surface area contributed by atoms with E-state index in [9.17, 15) is 9.59 Å². The molecule has 1 N–H and O–H groups in total. The maximum atomic E-state index is 12.2. The predicted molar refractivity (Wildman–Crippen MR) is 70.0 cm³/mol. The van der Waals surface area contributed by atoms with E-state index in [0.29, 0.717) is 5.56 Å². The molecule has 0 bridgehead atoms. The Morgan fingerprint density at radius 2 is 2.21 bits per heavy atom. The van der Waals surface area contributed by atoms with E-state index in [1.807, 2.05) is 0 Å². The second-order valence-corrected chi connectivity index (χ2v) is 4.34. The van der Waals surface area contributed by atoms with Crippen LogP contribution in [0.15, 0.2) is 40.6 Å². The van der Waals surface area contributed by atoms with Crippen LogP contribution in [0.2, 0.25) is 0 Å². The van der Waals surface area contributed by atoms with Gasteiger partial charge in [-0.3, -0.25) is 13.9 Å². The highest BCUT2D eigenvalue weighted by Crippen LogP contribution is 2.18. The molecular formula is C13H16N2O4. The largest absolute Gasteiger partial charge is 0.393 e. The van der Waals surface area contributed by atoms with Crippen molar-refractivity contribution in [3.63, 3.8) is 0 Å². The van der Waals surface area contributed by atoms with Gasteiger partial charge in [-0.2, -0.15) is 0 Å². The minimum atomic E-state index is -0.597. The van der Waals surface area contributed by atoms with Gasteiger partial charge in [0.05, 0.1) is 6.61 Å². The lowest BCUT2D eigenvalue weighted by molar-refractivity contribution is -0.0110. The number of allylic oxidation sites excluding steroid dienone is 1. The van der Waals surface area contributed by atoms with Crippen molar-refractivity contribution < 1.29 is 9.84 Å². The average Bonchev–Trinajstić information content (AvgIpc) is 2.87. The normalized spacial score (nSPS) is 21.8. The molecule has 0 aromatic carbocycles. The molecule has 0 spiro atoms. The molecule has 0 amide bonds. The second kappa shape index (κ2) is 5.38. The highest BCUT2D eigenvalue weighted by atomic mass is 16.5. The van der Waals surface area contributed by atoms with Crippen LogP contribution in [0.25, 0.3) is 0 Å². The SMILES string of the molecule is C=CCn1c(=O)c(C)cn([C@H]2C=C[C@@H](CO)O2)c1=O. The summed E-state index contributed by atoms with van der Waals surface area (Å²) in [4.78, 5) is 24.1. The van der Waals surface area contributed by atoms with Crippen LogP contribution in [-0.4, -0.2) is 27.0 Å². The summed E-state index contributed by atoms with van der Waals surface area (Å²) in [7, 11) is 0. The van der Waals surface area contributed by atoms with Gasteiger partial charge in [-0.25, -0.2) is 4.79 Å². The highest BCUT2D eigenvalue weighted by molar-refractivity contribution is 5.08. The monoisotopic (exact) mass is 264 g/mol. The Bertz CT molecular complexity index is 627. The number of aromatic nitrogens is 2. The molecule has 1 aliphatic heterocycles. The van der Waals surface area contributed by atoms with Crippen molar-refractivity contribution >= 4 is 0 Å². The zero-order chi connectivity index (χ0) is 14.0. The molecular weight excluding hydrogens is 248 g/mol. The third-order valence-electron chi connectivity index (χ3n) is 2.94. The molecule has 1 aliphatic rings. The smallest absolute Gasteiger partial charge is 0.333 e. The van der Waals surface area contributed by atoms with Crippen LogP contribution in [0.1, 0.15) is 11.8 Å². The maximum Gasteiger partial charge on any atom is 0.333 e. The fourth-order valence-electron chi connectivity index (χ4n) is 1.98. The molecule has 0 aliphatic carbocycles. The van der Waals surface area contributed by atoms with Crippen molar-refractivity contribution in [2.75, 3.05) is 6.61 Å². The van der Waals surface area contributed by atoms with Crippen LogP contribution >= 0.6 is 0 Å². The molecule has 0 saturated carbocycles. The van der Waals surface area contributed by atoms with Crippen molar-refractivity contribution in [3.8, 4) is 0 Å². The van der Waals surface area contributed by atoms with Gasteiger partial charge in [0, 0.05) is 18.3 Å². The summed E-state index contributed by atoms with van der Waals surface area (Å²) in [6.07, 6.45) is 5.32. The van der Waals surface area contributed by atoms with Gasteiger partial charge >= 0.3 is 5.69 Å². The summed E-state index contributed by atoms with van der Waals surface area (Å²) in [5.41, 5.74) is -0.337. The van der Waals surface area contributed by atoms with Gasteiger partial charge < -0.3 is 9.84 Å². The van der Waals surface area contributed by atoms with Crippen LogP contribution in [0, 0.1) is 6.92 Å². The molecule has 1 aromatic rings. The fraction of sp³-hybridized carbons (Fsp3) is 0.385. The zero-order valence-electron chi connectivity index (χ0n) is 10.7. The highest BCUT2D eigenvalue weighted by Gasteiger charge is 2.22. The summed E-state index contributed by atoms with van der Waals surface area (Å²) in [5, 5.41) is 9.01. The molecule has 1 aromatic heterocycles. The first kappa shape index (κ1) is 13.5. The van der Waals surface area contributed by atoms with Crippen LogP contribution in [0.4, 0.5) is 0 Å². The molecule has 0 saturated heterocycles. The molecule has 0 radical (unpaired) electrons. The van der Waals surface area contributed by atoms with Gasteiger partial charge in [-0.05, 0) is 13.0 Å². The summed E-state index contributed by atoms with van der Waals surface area (Å²) in [6, 6.07) is 0. The van der Waals surface area contributed by atoms with E-state index in [-0.39, 0.29) is 18.7 Å². The van der Waals surface area contributed by atoms with E-state index < -0.39 is 18.0 Å². The van der Waals surface area contributed by atoms with Crippen molar-refractivity contribution in [1.29, 1.82) is 0 Å². The molecule has 0 fully saturated rings. The molecule has 0 unspecified atom stereocenters. The van der Waals surface area contributed by atoms with Crippen molar-refractivity contribution in [2.45, 2.75) is 25.8 Å². The third-order valence-corrected chi connectivity index (χ3v) is 2.94. The van der Waals surface area contributed by atoms with Gasteiger partial charge in [0.2, 0.25) is 0 Å². The fourth-order valence-corrected chi connectivity index (χ4v) is 1.98. The summed E-state index contributed by atoms with van der Waals surface area (Å²) in [5.74, 6) is 0. The number of aliphatic hydroxyl groups is 1. The van der Waals surface area contributed by atoms with E-state index >= 15 is 0 Å². The quantitative estimate of drug-likeness (QED) is 0.774. The minimum Gasteiger partial charge on any atom is -0.393 e. The lowest BCUT2D eigenvalue weighted by atomic mass is 10.3.